The summed E-state index contributed by atoms with van der Waals surface area (Å²) in [6, 6.07) is 12.0. The minimum atomic E-state index is -0.139. The second-order valence-electron chi connectivity index (χ2n) is 8.89. The maximum absolute atomic E-state index is 13.5. The van der Waals surface area contributed by atoms with E-state index in [1.54, 1.807) is 6.07 Å². The topological polar surface area (TPSA) is 63.6 Å². The number of amides is 2. The van der Waals surface area contributed by atoms with Gasteiger partial charge in [0.1, 0.15) is 5.69 Å². The van der Waals surface area contributed by atoms with Gasteiger partial charge in [-0.2, -0.15) is 0 Å². The molecule has 2 amide bonds. The molecule has 2 aromatic rings. The molecule has 6 heteroatoms. The first-order valence-electron chi connectivity index (χ1n) is 11.5. The van der Waals surface area contributed by atoms with Crippen molar-refractivity contribution in [3.63, 3.8) is 0 Å². The summed E-state index contributed by atoms with van der Waals surface area (Å²) >= 11 is 0. The summed E-state index contributed by atoms with van der Waals surface area (Å²) in [5, 5.41) is 3.17. The van der Waals surface area contributed by atoms with Gasteiger partial charge in [0, 0.05) is 19.1 Å². The Labute approximate surface area is 184 Å². The second-order valence-corrected chi connectivity index (χ2v) is 8.89. The maximum Gasteiger partial charge on any atom is 0.268 e. The van der Waals surface area contributed by atoms with Crippen LogP contribution in [-0.2, 0) is 17.9 Å². The Morgan fingerprint density at radius 2 is 1.97 bits per heavy atom. The van der Waals surface area contributed by atoms with Crippen LogP contribution in [0.4, 0.5) is 0 Å². The van der Waals surface area contributed by atoms with Crippen molar-refractivity contribution in [3.8, 4) is 0 Å². The van der Waals surface area contributed by atoms with Gasteiger partial charge in [0.15, 0.2) is 0 Å². The molecule has 1 aromatic heterocycles. The van der Waals surface area contributed by atoms with E-state index < -0.39 is 0 Å². The average molecular weight is 424 g/mol. The molecule has 1 fully saturated rings. The van der Waals surface area contributed by atoms with Crippen LogP contribution in [-0.4, -0.2) is 40.5 Å². The number of nitrogens with one attached hydrogen (secondary N) is 1. The summed E-state index contributed by atoms with van der Waals surface area (Å²) < 4.78 is 7.64. The number of ether oxygens (including phenoxy) is 1. The number of rotatable bonds is 6. The van der Waals surface area contributed by atoms with E-state index in [0.717, 1.165) is 37.1 Å². The fourth-order valence-corrected chi connectivity index (χ4v) is 4.93. The van der Waals surface area contributed by atoms with Gasteiger partial charge in [-0.1, -0.05) is 51.1 Å². The molecule has 4 rings (SSSR count). The number of aromatic nitrogens is 1. The van der Waals surface area contributed by atoms with Crippen LogP contribution in [0.25, 0.3) is 0 Å². The lowest BCUT2D eigenvalue weighted by Gasteiger charge is -2.28. The van der Waals surface area contributed by atoms with Gasteiger partial charge < -0.3 is 19.5 Å². The van der Waals surface area contributed by atoms with Gasteiger partial charge in [-0.05, 0) is 36.8 Å². The van der Waals surface area contributed by atoms with Crippen LogP contribution in [0.5, 0.6) is 0 Å². The van der Waals surface area contributed by atoms with E-state index in [0.29, 0.717) is 36.9 Å². The number of benzene rings is 1. The molecule has 1 saturated heterocycles. The van der Waals surface area contributed by atoms with E-state index in [1.165, 1.54) is 0 Å². The molecular formula is C25H33N3O3. The average Bonchev–Trinajstić information content (AvgIpc) is 3.43. The standard InChI is InChI=1S/C25H33N3O3/c1-4-20(18-9-6-5-7-10-18)26-24(29)22-15-19(23-16-31-14-13-27(22)23)25(30)28-12-8-11-21(28)17(2)3/h5-7,9-10,15,17,20-21H,4,8,11-14,16H2,1-3H3,(H,26,29)/t20-,21?/m1/s1. The number of fused-ring (bicyclic) bond motifs is 1. The minimum Gasteiger partial charge on any atom is -0.373 e. The zero-order chi connectivity index (χ0) is 22.0. The zero-order valence-corrected chi connectivity index (χ0v) is 18.8. The molecule has 31 heavy (non-hydrogen) atoms. The van der Waals surface area contributed by atoms with Crippen LogP contribution >= 0.6 is 0 Å². The van der Waals surface area contributed by atoms with Crippen LogP contribution in [0, 0.1) is 5.92 Å². The van der Waals surface area contributed by atoms with Gasteiger partial charge in [-0.25, -0.2) is 0 Å². The molecule has 1 unspecified atom stereocenters. The third-order valence-electron chi connectivity index (χ3n) is 6.61. The van der Waals surface area contributed by atoms with Crippen molar-refractivity contribution < 1.29 is 14.3 Å². The van der Waals surface area contributed by atoms with Crippen molar-refractivity contribution in [1.29, 1.82) is 0 Å². The Balaban J connectivity index is 1.62. The first-order valence-corrected chi connectivity index (χ1v) is 11.5. The van der Waals surface area contributed by atoms with Gasteiger partial charge in [-0.3, -0.25) is 9.59 Å². The predicted molar refractivity (Wildman–Crippen MR) is 120 cm³/mol. The first kappa shape index (κ1) is 21.6. The van der Waals surface area contributed by atoms with Crippen molar-refractivity contribution in [2.24, 2.45) is 5.92 Å². The van der Waals surface area contributed by atoms with E-state index >= 15 is 0 Å². The Hall–Kier alpha value is -2.60. The molecular weight excluding hydrogens is 390 g/mol. The molecule has 0 saturated carbocycles. The SMILES string of the molecule is CC[C@@H](NC(=O)c1cc(C(=O)N2CCCC2C(C)C)c2n1CCOC2)c1ccccc1. The van der Waals surface area contributed by atoms with Crippen molar-refractivity contribution in [1.82, 2.24) is 14.8 Å². The highest BCUT2D eigenvalue weighted by Gasteiger charge is 2.35. The van der Waals surface area contributed by atoms with Crippen LogP contribution in [0.3, 0.4) is 0 Å². The van der Waals surface area contributed by atoms with Crippen LogP contribution in [0.1, 0.15) is 78.2 Å². The normalized spacial score (nSPS) is 19.4. The third kappa shape index (κ3) is 4.26. The van der Waals surface area contributed by atoms with Crippen LogP contribution < -0.4 is 5.32 Å². The van der Waals surface area contributed by atoms with Gasteiger partial charge >= 0.3 is 0 Å². The highest BCUT2D eigenvalue weighted by molar-refractivity contribution is 6.01. The monoisotopic (exact) mass is 423 g/mol. The highest BCUT2D eigenvalue weighted by atomic mass is 16.5. The highest BCUT2D eigenvalue weighted by Crippen LogP contribution is 2.29. The largest absolute Gasteiger partial charge is 0.373 e. The lowest BCUT2D eigenvalue weighted by Crippen LogP contribution is -2.39. The first-order chi connectivity index (χ1) is 15.0. The Morgan fingerprint density at radius 1 is 1.19 bits per heavy atom. The Bertz CT molecular complexity index is 935. The van der Waals surface area contributed by atoms with Crippen molar-refractivity contribution in [2.45, 2.75) is 65.3 Å². The number of carbonyl (C=O) groups excluding carboxylic acids is 2. The third-order valence-corrected chi connectivity index (χ3v) is 6.61. The van der Waals surface area contributed by atoms with Gasteiger partial charge in [0.05, 0.1) is 30.5 Å². The fraction of sp³-hybridized carbons (Fsp3) is 0.520. The van der Waals surface area contributed by atoms with E-state index in [1.807, 2.05) is 39.8 Å². The molecule has 1 N–H and O–H groups in total. The maximum atomic E-state index is 13.5. The van der Waals surface area contributed by atoms with Crippen molar-refractivity contribution in [3.05, 3.63) is 58.9 Å². The second kappa shape index (κ2) is 9.27. The number of hydrogen-bond donors (Lipinski definition) is 1. The molecule has 1 aromatic carbocycles. The summed E-state index contributed by atoms with van der Waals surface area (Å²) in [6.07, 6.45) is 2.87. The molecule has 2 aliphatic rings. The zero-order valence-electron chi connectivity index (χ0n) is 18.8. The van der Waals surface area contributed by atoms with Crippen molar-refractivity contribution in [2.75, 3.05) is 13.2 Å². The smallest absolute Gasteiger partial charge is 0.268 e. The molecule has 0 bridgehead atoms. The van der Waals surface area contributed by atoms with E-state index in [4.69, 9.17) is 4.74 Å². The molecule has 0 aliphatic carbocycles. The number of carbonyl (C=O) groups is 2. The fourth-order valence-electron chi connectivity index (χ4n) is 4.93. The summed E-state index contributed by atoms with van der Waals surface area (Å²) in [4.78, 5) is 28.8. The van der Waals surface area contributed by atoms with Crippen LogP contribution in [0.2, 0.25) is 0 Å². The lowest BCUT2D eigenvalue weighted by atomic mass is 10.0. The van der Waals surface area contributed by atoms with E-state index in [2.05, 4.69) is 26.1 Å². The molecule has 6 nitrogen and oxygen atoms in total. The number of nitrogens with zero attached hydrogens (tertiary/aromatic N) is 2. The van der Waals surface area contributed by atoms with Gasteiger partial charge in [-0.15, -0.1) is 0 Å². The minimum absolute atomic E-state index is 0.0274. The van der Waals surface area contributed by atoms with Gasteiger partial charge in [0.2, 0.25) is 0 Å². The molecule has 166 valence electrons. The predicted octanol–water partition coefficient (Wildman–Crippen LogP) is 4.16. The molecule has 2 aliphatic heterocycles. The lowest BCUT2D eigenvalue weighted by molar-refractivity contribution is 0.0662. The molecule has 0 radical (unpaired) electrons. The van der Waals surface area contributed by atoms with Gasteiger partial charge in [0.25, 0.3) is 11.8 Å². The summed E-state index contributed by atoms with van der Waals surface area (Å²) in [5.74, 6) is 0.305. The molecule has 2 atom stereocenters. The van der Waals surface area contributed by atoms with Crippen molar-refractivity contribution >= 4 is 11.8 Å². The Morgan fingerprint density at radius 3 is 2.68 bits per heavy atom. The number of hydrogen-bond acceptors (Lipinski definition) is 3. The summed E-state index contributed by atoms with van der Waals surface area (Å²) in [7, 11) is 0. The summed E-state index contributed by atoms with van der Waals surface area (Å²) in [6.45, 7) is 8.67. The Kier molecular flexibility index (Phi) is 6.46. The molecule has 3 heterocycles. The summed E-state index contributed by atoms with van der Waals surface area (Å²) in [5.41, 5.74) is 3.07. The van der Waals surface area contributed by atoms with Crippen LogP contribution in [0.15, 0.2) is 36.4 Å². The number of likely N-dealkylation sites (tertiary alicyclic amines) is 1. The quantitative estimate of drug-likeness (QED) is 0.759. The molecule has 0 spiro atoms. The van der Waals surface area contributed by atoms with E-state index in [-0.39, 0.29) is 23.9 Å². The van der Waals surface area contributed by atoms with E-state index in [9.17, 15) is 9.59 Å².